The predicted molar refractivity (Wildman–Crippen MR) is 78.1 cm³/mol. The molecule has 20 heavy (non-hydrogen) atoms. The van der Waals surface area contributed by atoms with Crippen molar-refractivity contribution < 1.29 is 9.18 Å². The Morgan fingerprint density at radius 3 is 2.55 bits per heavy atom. The summed E-state index contributed by atoms with van der Waals surface area (Å²) in [7, 11) is 0. The number of nitrogens with one attached hydrogen (secondary N) is 1. The smallest absolute Gasteiger partial charge is 0.244 e. The van der Waals surface area contributed by atoms with Gasteiger partial charge in [-0.15, -0.1) is 0 Å². The van der Waals surface area contributed by atoms with Crippen LogP contribution in [0.1, 0.15) is 17.2 Å². The maximum absolute atomic E-state index is 13.9. The van der Waals surface area contributed by atoms with Gasteiger partial charge in [0.2, 0.25) is 5.91 Å². The van der Waals surface area contributed by atoms with Crippen LogP contribution in [0, 0.1) is 12.7 Å². The summed E-state index contributed by atoms with van der Waals surface area (Å²) in [4.78, 5) is 11.7. The molecule has 5 heteroatoms. The van der Waals surface area contributed by atoms with Crippen LogP contribution in [-0.4, -0.2) is 5.91 Å². The largest absolute Gasteiger partial charge is 0.370 e. The fraction of sp³-hybridized carbons (Fsp3) is 0.133. The van der Waals surface area contributed by atoms with E-state index in [2.05, 4.69) is 5.32 Å². The average Bonchev–Trinajstić information content (AvgIpc) is 2.39. The van der Waals surface area contributed by atoms with Crippen LogP contribution < -0.4 is 11.1 Å². The van der Waals surface area contributed by atoms with Crippen LogP contribution in [0.25, 0.3) is 0 Å². The lowest BCUT2D eigenvalue weighted by Gasteiger charge is -2.20. The molecule has 0 aromatic heterocycles. The van der Waals surface area contributed by atoms with Crippen molar-refractivity contribution in [3.05, 3.63) is 64.4 Å². The highest BCUT2D eigenvalue weighted by Crippen LogP contribution is 2.29. The summed E-state index contributed by atoms with van der Waals surface area (Å²) in [5.74, 6) is -1.26. The lowest BCUT2D eigenvalue weighted by Crippen LogP contribution is -2.29. The van der Waals surface area contributed by atoms with E-state index >= 15 is 0 Å². The van der Waals surface area contributed by atoms with Gasteiger partial charge in [0.15, 0.2) is 0 Å². The summed E-state index contributed by atoms with van der Waals surface area (Å²) in [5, 5.41) is 3.11. The molecule has 0 aliphatic rings. The summed E-state index contributed by atoms with van der Waals surface area (Å²) < 4.78 is 13.9. The summed E-state index contributed by atoms with van der Waals surface area (Å²) >= 11 is 5.99. The van der Waals surface area contributed by atoms with Crippen molar-refractivity contribution in [1.82, 2.24) is 0 Å². The van der Waals surface area contributed by atoms with Crippen LogP contribution in [0.4, 0.5) is 10.1 Å². The topological polar surface area (TPSA) is 55.1 Å². The fourth-order valence-electron chi connectivity index (χ4n) is 1.96. The van der Waals surface area contributed by atoms with Crippen molar-refractivity contribution in [2.45, 2.75) is 13.0 Å². The molecule has 2 aromatic rings. The van der Waals surface area contributed by atoms with Gasteiger partial charge in [-0.25, -0.2) is 4.39 Å². The van der Waals surface area contributed by atoms with E-state index in [1.807, 2.05) is 25.1 Å². The van der Waals surface area contributed by atoms with Gasteiger partial charge in [0.25, 0.3) is 0 Å². The zero-order valence-electron chi connectivity index (χ0n) is 10.9. The number of hydrogen-bond donors (Lipinski definition) is 2. The highest BCUT2D eigenvalue weighted by molar-refractivity contribution is 6.31. The van der Waals surface area contributed by atoms with Gasteiger partial charge >= 0.3 is 0 Å². The van der Waals surface area contributed by atoms with Crippen LogP contribution in [0.2, 0.25) is 5.02 Å². The van der Waals surface area contributed by atoms with E-state index in [0.717, 1.165) is 5.56 Å². The molecule has 0 radical (unpaired) electrons. The van der Waals surface area contributed by atoms with Crippen molar-refractivity contribution in [2.75, 3.05) is 5.32 Å². The number of aryl methyl sites for hydroxylation is 1. The Morgan fingerprint density at radius 1 is 1.25 bits per heavy atom. The van der Waals surface area contributed by atoms with Crippen LogP contribution in [0.15, 0.2) is 42.5 Å². The van der Waals surface area contributed by atoms with E-state index < -0.39 is 17.8 Å². The van der Waals surface area contributed by atoms with E-state index in [4.69, 9.17) is 17.3 Å². The summed E-state index contributed by atoms with van der Waals surface area (Å²) in [6.07, 6.45) is 0. The number of amides is 1. The highest BCUT2D eigenvalue weighted by atomic mass is 35.5. The fourth-order valence-corrected chi connectivity index (χ4v) is 2.23. The molecular formula is C15H14ClFN2O. The Balaban J connectivity index is 2.43. The molecule has 0 aliphatic heterocycles. The Bertz CT molecular complexity index is 625. The summed E-state index contributed by atoms with van der Waals surface area (Å²) in [5.41, 5.74) is 7.06. The minimum Gasteiger partial charge on any atom is -0.370 e. The van der Waals surface area contributed by atoms with Crippen molar-refractivity contribution in [3.63, 3.8) is 0 Å². The number of primary amides is 1. The molecule has 1 atom stereocenters. The highest BCUT2D eigenvalue weighted by Gasteiger charge is 2.24. The van der Waals surface area contributed by atoms with E-state index in [0.29, 0.717) is 5.69 Å². The van der Waals surface area contributed by atoms with E-state index in [-0.39, 0.29) is 10.6 Å². The molecule has 0 spiro atoms. The Kier molecular flexibility index (Phi) is 4.25. The molecule has 0 saturated heterocycles. The molecule has 3 nitrogen and oxygen atoms in total. The molecule has 0 bridgehead atoms. The molecule has 3 N–H and O–H groups in total. The SMILES string of the molecule is Cc1ccccc1NC(C(N)=O)c1c(F)cccc1Cl. The number of anilines is 1. The van der Waals surface area contributed by atoms with Gasteiger partial charge in [0.05, 0.1) is 0 Å². The first-order valence-electron chi connectivity index (χ1n) is 6.06. The summed E-state index contributed by atoms with van der Waals surface area (Å²) in [6, 6.07) is 10.6. The molecule has 2 aromatic carbocycles. The van der Waals surface area contributed by atoms with Crippen LogP contribution in [0.5, 0.6) is 0 Å². The standard InChI is InChI=1S/C15H14ClFN2O/c1-9-5-2-3-8-12(9)19-14(15(18)20)13-10(16)6-4-7-11(13)17/h2-8,14,19H,1H3,(H2,18,20). The lowest BCUT2D eigenvalue weighted by molar-refractivity contribution is -0.118. The molecule has 0 saturated carbocycles. The zero-order valence-corrected chi connectivity index (χ0v) is 11.6. The monoisotopic (exact) mass is 292 g/mol. The number of halogens is 2. The Morgan fingerprint density at radius 2 is 1.95 bits per heavy atom. The van der Waals surface area contributed by atoms with Gasteiger partial charge in [0, 0.05) is 16.3 Å². The third-order valence-corrected chi connectivity index (χ3v) is 3.35. The minimum atomic E-state index is -1.02. The normalized spacial score (nSPS) is 11.9. The van der Waals surface area contributed by atoms with E-state index in [1.165, 1.54) is 18.2 Å². The maximum Gasteiger partial charge on any atom is 0.244 e. The van der Waals surface area contributed by atoms with Crippen molar-refractivity contribution in [3.8, 4) is 0 Å². The van der Waals surface area contributed by atoms with Crippen molar-refractivity contribution in [1.29, 1.82) is 0 Å². The maximum atomic E-state index is 13.9. The van der Waals surface area contributed by atoms with Gasteiger partial charge in [-0.1, -0.05) is 35.9 Å². The van der Waals surface area contributed by atoms with Gasteiger partial charge < -0.3 is 11.1 Å². The second kappa shape index (κ2) is 5.92. The molecule has 0 heterocycles. The van der Waals surface area contributed by atoms with Crippen molar-refractivity contribution >= 4 is 23.2 Å². The Hall–Kier alpha value is -2.07. The van der Waals surface area contributed by atoms with Crippen LogP contribution >= 0.6 is 11.6 Å². The van der Waals surface area contributed by atoms with Gasteiger partial charge in [-0.3, -0.25) is 4.79 Å². The average molecular weight is 293 g/mol. The molecule has 0 fully saturated rings. The van der Waals surface area contributed by atoms with Crippen LogP contribution in [-0.2, 0) is 4.79 Å². The van der Waals surface area contributed by atoms with Gasteiger partial charge in [-0.05, 0) is 30.7 Å². The van der Waals surface area contributed by atoms with E-state index in [9.17, 15) is 9.18 Å². The second-order valence-electron chi connectivity index (χ2n) is 4.43. The molecule has 2 rings (SSSR count). The molecule has 1 amide bonds. The number of carbonyl (C=O) groups excluding carboxylic acids is 1. The molecular weight excluding hydrogens is 279 g/mol. The van der Waals surface area contributed by atoms with Crippen molar-refractivity contribution in [2.24, 2.45) is 5.73 Å². The van der Waals surface area contributed by atoms with Gasteiger partial charge in [-0.2, -0.15) is 0 Å². The minimum absolute atomic E-state index is 0.0601. The first-order chi connectivity index (χ1) is 9.50. The summed E-state index contributed by atoms with van der Waals surface area (Å²) in [6.45, 7) is 1.88. The number of benzene rings is 2. The van der Waals surface area contributed by atoms with Crippen LogP contribution in [0.3, 0.4) is 0 Å². The quantitative estimate of drug-likeness (QED) is 0.907. The molecule has 1 unspecified atom stereocenters. The number of hydrogen-bond acceptors (Lipinski definition) is 2. The molecule has 0 aliphatic carbocycles. The third-order valence-electron chi connectivity index (χ3n) is 3.02. The lowest BCUT2D eigenvalue weighted by atomic mass is 10.0. The third kappa shape index (κ3) is 2.91. The number of carbonyl (C=O) groups is 1. The second-order valence-corrected chi connectivity index (χ2v) is 4.84. The number of para-hydroxylation sites is 1. The predicted octanol–water partition coefficient (Wildman–Crippen LogP) is 3.43. The number of rotatable bonds is 4. The Labute approximate surface area is 121 Å². The van der Waals surface area contributed by atoms with E-state index in [1.54, 1.807) is 6.07 Å². The molecule has 104 valence electrons. The zero-order chi connectivity index (χ0) is 14.7. The number of nitrogens with two attached hydrogens (primary N) is 1. The van der Waals surface area contributed by atoms with Gasteiger partial charge in [0.1, 0.15) is 11.9 Å². The first kappa shape index (κ1) is 14.3. The first-order valence-corrected chi connectivity index (χ1v) is 6.44.